The second-order valence-electron chi connectivity index (χ2n) is 5.53. The number of nitrogens with zero attached hydrogens (tertiary/aromatic N) is 2. The molecule has 1 aliphatic heterocycles. The fourth-order valence-electron chi connectivity index (χ4n) is 2.81. The van der Waals surface area contributed by atoms with E-state index in [4.69, 9.17) is 0 Å². The van der Waals surface area contributed by atoms with Crippen molar-refractivity contribution in [2.75, 3.05) is 38.5 Å². The Morgan fingerprint density at radius 1 is 1.45 bits per heavy atom. The van der Waals surface area contributed by atoms with E-state index in [1.165, 1.54) is 6.07 Å². The predicted octanol–water partition coefficient (Wildman–Crippen LogP) is 1.46. The molecule has 1 saturated heterocycles. The van der Waals surface area contributed by atoms with E-state index in [-0.39, 0.29) is 18.1 Å². The van der Waals surface area contributed by atoms with E-state index < -0.39 is 4.92 Å². The molecule has 7 heteroatoms. The molecule has 0 aliphatic carbocycles. The minimum atomic E-state index is -0.448. The molecule has 1 fully saturated rings. The molecule has 1 unspecified atom stereocenters. The van der Waals surface area contributed by atoms with Crippen LogP contribution in [0.25, 0.3) is 0 Å². The minimum absolute atomic E-state index is 0.0120. The van der Waals surface area contributed by atoms with Gasteiger partial charge in [-0.25, -0.2) is 0 Å². The number of amides is 1. The lowest BCUT2D eigenvalue weighted by molar-refractivity contribution is -0.383. The number of carbonyl (C=O) groups is 1. The second kappa shape index (κ2) is 7.74. The summed E-state index contributed by atoms with van der Waals surface area (Å²) in [5, 5.41) is 17.0. The highest BCUT2D eigenvalue weighted by Crippen LogP contribution is 2.23. The third-order valence-electron chi connectivity index (χ3n) is 3.90. The van der Waals surface area contributed by atoms with Gasteiger partial charge in [-0.15, -0.1) is 0 Å². The van der Waals surface area contributed by atoms with Crippen molar-refractivity contribution >= 4 is 17.3 Å². The van der Waals surface area contributed by atoms with Gasteiger partial charge in [-0.2, -0.15) is 0 Å². The molecule has 2 N–H and O–H groups in total. The van der Waals surface area contributed by atoms with Crippen molar-refractivity contribution in [1.82, 2.24) is 10.2 Å². The van der Waals surface area contributed by atoms with Gasteiger partial charge in [-0.1, -0.05) is 12.1 Å². The number of nitro groups is 1. The number of nitro benzene ring substituents is 1. The molecule has 7 nitrogen and oxygen atoms in total. The normalized spacial score (nSPS) is 18.0. The number of rotatable bonds is 6. The summed E-state index contributed by atoms with van der Waals surface area (Å²) < 4.78 is 0. The first-order valence-electron chi connectivity index (χ1n) is 7.51. The van der Waals surface area contributed by atoms with Crippen LogP contribution in [-0.4, -0.2) is 49.0 Å². The van der Waals surface area contributed by atoms with Crippen molar-refractivity contribution in [3.8, 4) is 0 Å². The van der Waals surface area contributed by atoms with Crippen molar-refractivity contribution in [3.63, 3.8) is 0 Å². The highest BCUT2D eigenvalue weighted by molar-refractivity contribution is 5.82. The van der Waals surface area contributed by atoms with Crippen molar-refractivity contribution in [1.29, 1.82) is 0 Å². The molecule has 1 aromatic carbocycles. The van der Waals surface area contributed by atoms with Gasteiger partial charge in [0.15, 0.2) is 0 Å². The Bertz CT molecular complexity index is 533. The van der Waals surface area contributed by atoms with Crippen LogP contribution >= 0.6 is 0 Å². The number of piperidine rings is 1. The van der Waals surface area contributed by atoms with Gasteiger partial charge in [0, 0.05) is 19.2 Å². The fraction of sp³-hybridized carbons (Fsp3) is 0.533. The maximum Gasteiger partial charge on any atom is 0.292 e. The summed E-state index contributed by atoms with van der Waals surface area (Å²) in [7, 11) is 1.91. The number of carbonyl (C=O) groups excluding carboxylic acids is 1. The zero-order valence-corrected chi connectivity index (χ0v) is 12.7. The maximum atomic E-state index is 12.3. The number of hydrogen-bond acceptors (Lipinski definition) is 5. The van der Waals surface area contributed by atoms with Crippen molar-refractivity contribution in [2.45, 2.75) is 12.8 Å². The van der Waals surface area contributed by atoms with Gasteiger partial charge in [0.25, 0.3) is 5.69 Å². The molecule has 2 rings (SSSR count). The average Bonchev–Trinajstić information content (AvgIpc) is 2.53. The number of hydrogen-bond donors (Lipinski definition) is 2. The molecule has 1 atom stereocenters. The van der Waals surface area contributed by atoms with Crippen LogP contribution in [0.1, 0.15) is 12.8 Å². The van der Waals surface area contributed by atoms with Crippen molar-refractivity contribution in [3.05, 3.63) is 34.4 Å². The zero-order valence-electron chi connectivity index (χ0n) is 12.7. The Kier molecular flexibility index (Phi) is 5.71. The largest absolute Gasteiger partial charge is 0.371 e. The molecule has 0 saturated carbocycles. The molecule has 1 heterocycles. The lowest BCUT2D eigenvalue weighted by Crippen LogP contribution is -2.44. The van der Waals surface area contributed by atoms with Gasteiger partial charge in [0.2, 0.25) is 5.91 Å². The monoisotopic (exact) mass is 306 g/mol. The Morgan fingerprint density at radius 3 is 2.95 bits per heavy atom. The molecule has 1 aromatic rings. The maximum absolute atomic E-state index is 12.3. The number of nitrogens with one attached hydrogen (secondary N) is 2. The van der Waals surface area contributed by atoms with Crippen LogP contribution in [0.5, 0.6) is 0 Å². The molecule has 1 amide bonds. The first kappa shape index (κ1) is 16.2. The van der Waals surface area contributed by atoms with E-state index in [1.807, 2.05) is 11.9 Å². The van der Waals surface area contributed by atoms with Crippen molar-refractivity contribution < 1.29 is 9.72 Å². The molecule has 22 heavy (non-hydrogen) atoms. The molecule has 1 aliphatic rings. The summed E-state index contributed by atoms with van der Waals surface area (Å²) >= 11 is 0. The summed E-state index contributed by atoms with van der Waals surface area (Å²) in [5.41, 5.74) is 0.367. The van der Waals surface area contributed by atoms with Crippen molar-refractivity contribution in [2.24, 2.45) is 5.92 Å². The molecule has 0 bridgehead atoms. The van der Waals surface area contributed by atoms with Gasteiger partial charge < -0.3 is 15.5 Å². The van der Waals surface area contributed by atoms with Gasteiger partial charge in [0.1, 0.15) is 5.69 Å². The predicted molar refractivity (Wildman–Crippen MR) is 84.8 cm³/mol. The zero-order chi connectivity index (χ0) is 15.9. The van der Waals surface area contributed by atoms with Crippen LogP contribution in [0.4, 0.5) is 11.4 Å². The highest BCUT2D eigenvalue weighted by Gasteiger charge is 2.23. The summed E-state index contributed by atoms with van der Waals surface area (Å²) in [4.78, 5) is 24.6. The van der Waals surface area contributed by atoms with E-state index in [0.717, 1.165) is 32.5 Å². The summed E-state index contributed by atoms with van der Waals surface area (Å²) in [6, 6.07) is 6.36. The molecular weight excluding hydrogens is 284 g/mol. The first-order chi connectivity index (χ1) is 10.6. The van der Waals surface area contributed by atoms with Gasteiger partial charge in [0.05, 0.1) is 11.5 Å². The van der Waals surface area contributed by atoms with Crippen LogP contribution in [0, 0.1) is 16.0 Å². The smallest absolute Gasteiger partial charge is 0.292 e. The molecular formula is C15H22N4O3. The average molecular weight is 306 g/mol. The van der Waals surface area contributed by atoms with E-state index in [9.17, 15) is 14.9 Å². The van der Waals surface area contributed by atoms with Crippen LogP contribution in [0.3, 0.4) is 0 Å². The molecule has 0 aromatic heterocycles. The topological polar surface area (TPSA) is 87.5 Å². The highest BCUT2D eigenvalue weighted by atomic mass is 16.6. The summed E-state index contributed by atoms with van der Waals surface area (Å²) in [6.45, 7) is 2.49. The van der Waals surface area contributed by atoms with E-state index in [1.54, 1.807) is 18.2 Å². The van der Waals surface area contributed by atoms with Gasteiger partial charge in [-0.05, 0) is 38.4 Å². The van der Waals surface area contributed by atoms with Crippen LogP contribution in [0.15, 0.2) is 24.3 Å². The molecule has 0 radical (unpaired) electrons. The van der Waals surface area contributed by atoms with Crippen LogP contribution in [-0.2, 0) is 4.79 Å². The number of para-hydroxylation sites is 2. The second-order valence-corrected chi connectivity index (χ2v) is 5.53. The van der Waals surface area contributed by atoms with Crippen LogP contribution < -0.4 is 10.6 Å². The minimum Gasteiger partial charge on any atom is -0.371 e. The lowest BCUT2D eigenvalue weighted by Gasteiger charge is -2.32. The van der Waals surface area contributed by atoms with Gasteiger partial charge >= 0.3 is 0 Å². The number of anilines is 1. The van der Waals surface area contributed by atoms with Crippen LogP contribution in [0.2, 0.25) is 0 Å². The summed E-state index contributed by atoms with van der Waals surface area (Å²) in [5.74, 6) is 0.465. The third kappa shape index (κ3) is 4.17. The Labute approximate surface area is 129 Å². The Balaban J connectivity index is 1.91. The standard InChI is InChI=1S/C15H22N4O3/c1-16-9-12-5-4-8-18(11-12)15(20)10-17-13-6-2-3-7-14(13)19(21)22/h2-3,6-7,12,16-17H,4-5,8-11H2,1H3. The third-order valence-corrected chi connectivity index (χ3v) is 3.90. The Morgan fingerprint density at radius 2 is 2.23 bits per heavy atom. The van der Waals surface area contributed by atoms with Gasteiger partial charge in [-0.3, -0.25) is 14.9 Å². The number of likely N-dealkylation sites (tertiary alicyclic amines) is 1. The first-order valence-corrected chi connectivity index (χ1v) is 7.51. The Hall–Kier alpha value is -2.15. The number of benzene rings is 1. The fourth-order valence-corrected chi connectivity index (χ4v) is 2.81. The summed E-state index contributed by atoms with van der Waals surface area (Å²) in [6.07, 6.45) is 2.13. The quantitative estimate of drug-likeness (QED) is 0.614. The van der Waals surface area contributed by atoms with E-state index in [0.29, 0.717) is 11.6 Å². The van der Waals surface area contributed by atoms with E-state index in [2.05, 4.69) is 10.6 Å². The molecule has 0 spiro atoms. The SMILES string of the molecule is CNCC1CCCN(C(=O)CNc2ccccc2[N+](=O)[O-])C1. The van der Waals surface area contributed by atoms with E-state index >= 15 is 0 Å². The lowest BCUT2D eigenvalue weighted by atomic mass is 9.98. The molecule has 120 valence electrons.